The lowest BCUT2D eigenvalue weighted by atomic mass is 9.92. The zero-order chi connectivity index (χ0) is 17.2. The number of hydrogen-bond donors (Lipinski definition) is 1. The number of piperidine rings is 1. The molecule has 0 bridgehead atoms. The summed E-state index contributed by atoms with van der Waals surface area (Å²) in [6.07, 6.45) is 5.52. The number of carbonyl (C=O) groups excluding carboxylic acids is 1. The molecule has 1 amide bonds. The standard InChI is InChI=1S/C18H18ClN5O/c19-14-3-1-2-12(10-14)11-15(25)24-8-4-13(5-9-24)16-17-18(23-22-16)21-7-6-20-17/h1-3,6-7,10,13H,4-5,8-9,11H2,(H,21,22,23). The van der Waals surface area contributed by atoms with Gasteiger partial charge in [0.1, 0.15) is 5.52 Å². The van der Waals surface area contributed by atoms with Gasteiger partial charge in [-0.3, -0.25) is 9.89 Å². The highest BCUT2D eigenvalue weighted by molar-refractivity contribution is 6.30. The molecule has 0 atom stereocenters. The van der Waals surface area contributed by atoms with Crippen LogP contribution in [0, 0.1) is 0 Å². The van der Waals surface area contributed by atoms with Crippen LogP contribution in [0.1, 0.15) is 30.0 Å². The van der Waals surface area contributed by atoms with Gasteiger partial charge in [-0.15, -0.1) is 0 Å². The van der Waals surface area contributed by atoms with Crippen molar-refractivity contribution in [1.29, 1.82) is 0 Å². The van der Waals surface area contributed by atoms with Crippen molar-refractivity contribution in [3.63, 3.8) is 0 Å². The first kappa shape index (κ1) is 16.0. The normalized spacial score (nSPS) is 15.6. The molecule has 1 fully saturated rings. The van der Waals surface area contributed by atoms with Gasteiger partial charge in [0, 0.05) is 36.4 Å². The van der Waals surface area contributed by atoms with E-state index in [2.05, 4.69) is 20.2 Å². The number of rotatable bonds is 3. The first-order valence-corrected chi connectivity index (χ1v) is 8.75. The van der Waals surface area contributed by atoms with Crippen LogP contribution in [0.5, 0.6) is 0 Å². The van der Waals surface area contributed by atoms with Gasteiger partial charge in [-0.05, 0) is 30.5 Å². The largest absolute Gasteiger partial charge is 0.342 e. The fourth-order valence-electron chi connectivity index (χ4n) is 3.40. The molecule has 6 nitrogen and oxygen atoms in total. The summed E-state index contributed by atoms with van der Waals surface area (Å²) >= 11 is 5.99. The van der Waals surface area contributed by atoms with Crippen molar-refractivity contribution in [3.8, 4) is 0 Å². The number of likely N-dealkylation sites (tertiary alicyclic amines) is 1. The van der Waals surface area contributed by atoms with E-state index in [4.69, 9.17) is 11.6 Å². The second-order valence-electron chi connectivity index (χ2n) is 6.33. The molecule has 0 radical (unpaired) electrons. The molecule has 7 heteroatoms. The number of halogens is 1. The van der Waals surface area contributed by atoms with E-state index < -0.39 is 0 Å². The number of aromatic nitrogens is 4. The van der Waals surface area contributed by atoms with Crippen LogP contribution in [0.3, 0.4) is 0 Å². The predicted octanol–water partition coefficient (Wildman–Crippen LogP) is 2.96. The third-order valence-electron chi connectivity index (χ3n) is 4.72. The molecule has 0 aliphatic carbocycles. The van der Waals surface area contributed by atoms with E-state index in [-0.39, 0.29) is 5.91 Å². The molecular weight excluding hydrogens is 338 g/mol. The molecule has 2 aromatic heterocycles. The smallest absolute Gasteiger partial charge is 0.226 e. The lowest BCUT2D eigenvalue weighted by Gasteiger charge is -2.31. The Morgan fingerprint density at radius 1 is 1.24 bits per heavy atom. The van der Waals surface area contributed by atoms with Crippen LogP contribution in [0.15, 0.2) is 36.7 Å². The molecule has 25 heavy (non-hydrogen) atoms. The van der Waals surface area contributed by atoms with Crippen LogP contribution < -0.4 is 0 Å². The Morgan fingerprint density at radius 3 is 2.84 bits per heavy atom. The Balaban J connectivity index is 1.40. The van der Waals surface area contributed by atoms with Crippen LogP contribution >= 0.6 is 11.6 Å². The number of nitrogens with zero attached hydrogens (tertiary/aromatic N) is 4. The molecule has 1 aromatic carbocycles. The summed E-state index contributed by atoms with van der Waals surface area (Å²) in [6, 6.07) is 7.48. The molecule has 0 unspecified atom stereocenters. The van der Waals surface area contributed by atoms with E-state index in [1.165, 1.54) is 0 Å². The summed E-state index contributed by atoms with van der Waals surface area (Å²) in [7, 11) is 0. The Kier molecular flexibility index (Phi) is 4.36. The predicted molar refractivity (Wildman–Crippen MR) is 95.4 cm³/mol. The first-order valence-electron chi connectivity index (χ1n) is 8.38. The molecule has 1 aliphatic heterocycles. The van der Waals surface area contributed by atoms with Gasteiger partial charge in [0.25, 0.3) is 0 Å². The summed E-state index contributed by atoms with van der Waals surface area (Å²) in [4.78, 5) is 23.1. The molecule has 1 N–H and O–H groups in total. The van der Waals surface area contributed by atoms with Crippen molar-refractivity contribution in [2.24, 2.45) is 0 Å². The fraction of sp³-hybridized carbons (Fsp3) is 0.333. The van der Waals surface area contributed by atoms with E-state index in [1.807, 2.05) is 29.2 Å². The van der Waals surface area contributed by atoms with E-state index in [1.54, 1.807) is 12.4 Å². The maximum Gasteiger partial charge on any atom is 0.226 e. The van der Waals surface area contributed by atoms with Crippen molar-refractivity contribution >= 4 is 28.7 Å². The highest BCUT2D eigenvalue weighted by Crippen LogP contribution is 2.30. The molecule has 128 valence electrons. The van der Waals surface area contributed by atoms with Crippen molar-refractivity contribution in [2.45, 2.75) is 25.2 Å². The van der Waals surface area contributed by atoms with E-state index in [9.17, 15) is 4.79 Å². The SMILES string of the molecule is O=C(Cc1cccc(Cl)c1)N1CCC(c2[nH]nc3nccnc23)CC1. The van der Waals surface area contributed by atoms with Gasteiger partial charge in [-0.1, -0.05) is 23.7 Å². The van der Waals surface area contributed by atoms with E-state index in [0.717, 1.165) is 42.7 Å². The number of carbonyl (C=O) groups is 1. The number of fused-ring (bicyclic) bond motifs is 1. The molecule has 0 spiro atoms. The minimum absolute atomic E-state index is 0.148. The van der Waals surface area contributed by atoms with Crippen LogP contribution in [0.2, 0.25) is 5.02 Å². The average Bonchev–Trinajstić information content (AvgIpc) is 3.06. The summed E-state index contributed by atoms with van der Waals surface area (Å²) in [5.41, 5.74) is 3.47. The Labute approximate surface area is 150 Å². The second-order valence-corrected chi connectivity index (χ2v) is 6.76. The van der Waals surface area contributed by atoms with Gasteiger partial charge in [-0.2, -0.15) is 5.10 Å². The van der Waals surface area contributed by atoms with Gasteiger partial charge < -0.3 is 4.90 Å². The maximum absolute atomic E-state index is 12.5. The summed E-state index contributed by atoms with van der Waals surface area (Å²) in [5, 5.41) is 7.96. The minimum Gasteiger partial charge on any atom is -0.342 e. The fourth-order valence-corrected chi connectivity index (χ4v) is 3.62. The molecule has 1 saturated heterocycles. The molecule has 3 heterocycles. The summed E-state index contributed by atoms with van der Waals surface area (Å²) < 4.78 is 0. The monoisotopic (exact) mass is 355 g/mol. The van der Waals surface area contributed by atoms with Crippen LogP contribution in [-0.2, 0) is 11.2 Å². The number of aromatic amines is 1. The quantitative estimate of drug-likeness (QED) is 0.783. The lowest BCUT2D eigenvalue weighted by molar-refractivity contribution is -0.131. The van der Waals surface area contributed by atoms with Gasteiger partial charge in [0.2, 0.25) is 5.91 Å². The number of H-pyrrole nitrogens is 1. The topological polar surface area (TPSA) is 74.8 Å². The molecular formula is C18H18ClN5O. The van der Waals surface area contributed by atoms with E-state index >= 15 is 0 Å². The van der Waals surface area contributed by atoms with Crippen LogP contribution in [0.25, 0.3) is 11.2 Å². The number of amides is 1. The molecule has 4 rings (SSSR count). The zero-order valence-corrected chi connectivity index (χ0v) is 14.4. The van der Waals surface area contributed by atoms with Gasteiger partial charge >= 0.3 is 0 Å². The van der Waals surface area contributed by atoms with Gasteiger partial charge in [0.15, 0.2) is 5.65 Å². The van der Waals surface area contributed by atoms with Crippen LogP contribution in [-0.4, -0.2) is 44.1 Å². The van der Waals surface area contributed by atoms with Crippen molar-refractivity contribution in [2.75, 3.05) is 13.1 Å². The van der Waals surface area contributed by atoms with E-state index in [0.29, 0.717) is 23.0 Å². The van der Waals surface area contributed by atoms with Crippen molar-refractivity contribution in [3.05, 3.63) is 52.9 Å². The van der Waals surface area contributed by atoms with Gasteiger partial charge in [-0.25, -0.2) is 9.97 Å². The maximum atomic E-state index is 12.5. The Bertz CT molecular complexity index is 901. The Morgan fingerprint density at radius 2 is 2.04 bits per heavy atom. The van der Waals surface area contributed by atoms with Crippen molar-refractivity contribution < 1.29 is 4.79 Å². The highest BCUT2D eigenvalue weighted by Gasteiger charge is 2.26. The minimum atomic E-state index is 0.148. The molecule has 0 saturated carbocycles. The second kappa shape index (κ2) is 6.80. The summed E-state index contributed by atoms with van der Waals surface area (Å²) in [5.74, 6) is 0.479. The lowest BCUT2D eigenvalue weighted by Crippen LogP contribution is -2.38. The zero-order valence-electron chi connectivity index (χ0n) is 13.7. The number of nitrogens with one attached hydrogen (secondary N) is 1. The number of benzene rings is 1. The first-order chi connectivity index (χ1) is 12.2. The third kappa shape index (κ3) is 3.35. The van der Waals surface area contributed by atoms with Crippen molar-refractivity contribution in [1.82, 2.24) is 25.1 Å². The summed E-state index contributed by atoms with van der Waals surface area (Å²) in [6.45, 7) is 1.48. The third-order valence-corrected chi connectivity index (χ3v) is 4.95. The molecule has 3 aromatic rings. The van der Waals surface area contributed by atoms with Crippen LogP contribution in [0.4, 0.5) is 0 Å². The molecule has 1 aliphatic rings. The number of hydrogen-bond acceptors (Lipinski definition) is 4. The highest BCUT2D eigenvalue weighted by atomic mass is 35.5. The average molecular weight is 356 g/mol. The Hall–Kier alpha value is -2.47. The van der Waals surface area contributed by atoms with Gasteiger partial charge in [0.05, 0.1) is 12.1 Å².